The van der Waals surface area contributed by atoms with Crippen molar-refractivity contribution in [3.63, 3.8) is 0 Å². The summed E-state index contributed by atoms with van der Waals surface area (Å²) in [7, 11) is 0. The van der Waals surface area contributed by atoms with E-state index in [1.165, 1.54) is 11.8 Å². The van der Waals surface area contributed by atoms with Crippen molar-refractivity contribution in [3.05, 3.63) is 36.9 Å². The molecular weight excluding hydrogens is 164 g/mol. The Morgan fingerprint density at radius 3 is 3.23 bits per heavy atom. The first-order valence-corrected chi connectivity index (χ1v) is 4.48. The molecule has 0 aromatic carbocycles. The van der Waals surface area contributed by atoms with Crippen molar-refractivity contribution in [2.24, 2.45) is 0 Å². The lowest BCUT2D eigenvalue weighted by Crippen LogP contribution is -2.15. The van der Waals surface area contributed by atoms with Gasteiger partial charge in [-0.25, -0.2) is 0 Å². The Labute approximate surface area is 78.8 Å². The fraction of sp³-hybridized carbons (Fsp3) is 0.400. The van der Waals surface area contributed by atoms with Gasteiger partial charge in [0.25, 0.3) is 0 Å². The molecule has 0 aliphatic rings. The fourth-order valence-electron chi connectivity index (χ4n) is 1.06. The third-order valence-electron chi connectivity index (χ3n) is 1.73. The van der Waals surface area contributed by atoms with E-state index in [1.807, 2.05) is 12.4 Å². The minimum absolute atomic E-state index is 0.740. The van der Waals surface area contributed by atoms with Crippen LogP contribution in [-0.2, 0) is 11.3 Å². The Kier molecular flexibility index (Phi) is 4.79. The van der Waals surface area contributed by atoms with Gasteiger partial charge in [-0.1, -0.05) is 6.58 Å². The largest absolute Gasteiger partial charge is 0.502 e. The van der Waals surface area contributed by atoms with Gasteiger partial charge in [0, 0.05) is 18.9 Å². The predicted octanol–water partition coefficient (Wildman–Crippen LogP) is 1.65. The molecular formula is C10H16N2O. The van der Waals surface area contributed by atoms with Crippen LogP contribution >= 0.6 is 0 Å². The lowest BCUT2D eigenvalue weighted by molar-refractivity contribution is 0.244. The number of ether oxygens (including phenoxy) is 1. The smallest absolute Gasteiger partial charge is 0.0885 e. The lowest BCUT2D eigenvalue weighted by Gasteiger charge is -2.02. The van der Waals surface area contributed by atoms with Gasteiger partial charge >= 0.3 is 0 Å². The minimum Gasteiger partial charge on any atom is -0.502 e. The Hall–Kier alpha value is -1.22. The average molecular weight is 180 g/mol. The van der Waals surface area contributed by atoms with E-state index in [2.05, 4.69) is 22.9 Å². The van der Waals surface area contributed by atoms with Crippen LogP contribution in [0.2, 0.25) is 0 Å². The summed E-state index contributed by atoms with van der Waals surface area (Å²) < 4.78 is 4.99. The second-order valence-electron chi connectivity index (χ2n) is 2.79. The third-order valence-corrected chi connectivity index (χ3v) is 1.73. The van der Waals surface area contributed by atoms with Crippen LogP contribution < -0.4 is 5.32 Å². The fourth-order valence-corrected chi connectivity index (χ4v) is 1.06. The molecule has 0 saturated carbocycles. The van der Waals surface area contributed by atoms with Gasteiger partial charge in [0.05, 0.1) is 12.9 Å². The Bertz CT molecular complexity index is 219. The van der Waals surface area contributed by atoms with Gasteiger partial charge in [0.15, 0.2) is 0 Å². The van der Waals surface area contributed by atoms with E-state index >= 15 is 0 Å². The van der Waals surface area contributed by atoms with Crippen molar-refractivity contribution in [1.82, 2.24) is 10.3 Å². The van der Waals surface area contributed by atoms with E-state index in [4.69, 9.17) is 4.74 Å². The molecule has 0 unspecified atom stereocenters. The van der Waals surface area contributed by atoms with Gasteiger partial charge in [-0.2, -0.15) is 0 Å². The predicted molar refractivity (Wildman–Crippen MR) is 53.3 cm³/mol. The number of aromatic nitrogens is 1. The van der Waals surface area contributed by atoms with Crippen LogP contribution in [-0.4, -0.2) is 18.1 Å². The molecule has 0 bridgehead atoms. The lowest BCUT2D eigenvalue weighted by atomic mass is 10.3. The highest BCUT2D eigenvalue weighted by Crippen LogP contribution is 1.94. The Balaban J connectivity index is 1.93. The van der Waals surface area contributed by atoms with Gasteiger partial charge in [0.2, 0.25) is 0 Å². The van der Waals surface area contributed by atoms with Crippen molar-refractivity contribution in [2.75, 3.05) is 13.2 Å². The van der Waals surface area contributed by atoms with Gasteiger partial charge in [-0.05, 0) is 24.6 Å². The molecule has 0 spiro atoms. The molecule has 1 heterocycles. The van der Waals surface area contributed by atoms with Crippen molar-refractivity contribution >= 4 is 0 Å². The van der Waals surface area contributed by atoms with Crippen LogP contribution in [0.3, 0.4) is 0 Å². The van der Waals surface area contributed by atoms with E-state index in [0.717, 1.165) is 26.1 Å². The van der Waals surface area contributed by atoms with Gasteiger partial charge in [0.1, 0.15) is 0 Å². The normalized spacial score (nSPS) is 9.85. The second kappa shape index (κ2) is 6.31. The number of H-pyrrole nitrogens is 1. The monoisotopic (exact) mass is 180 g/mol. The standard InChI is InChI=1S/C10H16N2O/c1-2-13-7-3-5-11-8-10-4-6-12-9-10/h2,4,6,9,11-12H,1,3,5,7-8H2. The average Bonchev–Trinajstić information content (AvgIpc) is 2.63. The molecule has 1 aromatic heterocycles. The highest BCUT2D eigenvalue weighted by molar-refractivity contribution is 5.07. The third kappa shape index (κ3) is 4.38. The zero-order valence-electron chi connectivity index (χ0n) is 7.75. The molecule has 1 rings (SSSR count). The number of aromatic amines is 1. The zero-order valence-corrected chi connectivity index (χ0v) is 7.75. The first kappa shape index (κ1) is 9.86. The van der Waals surface area contributed by atoms with Gasteiger partial charge in [-0.3, -0.25) is 0 Å². The van der Waals surface area contributed by atoms with Crippen LogP contribution in [0.25, 0.3) is 0 Å². The van der Waals surface area contributed by atoms with E-state index in [9.17, 15) is 0 Å². The highest BCUT2D eigenvalue weighted by Gasteiger charge is 1.91. The molecule has 0 saturated heterocycles. The molecule has 0 amide bonds. The summed E-state index contributed by atoms with van der Waals surface area (Å²) in [6, 6.07) is 2.06. The molecule has 1 aromatic rings. The Morgan fingerprint density at radius 2 is 2.54 bits per heavy atom. The van der Waals surface area contributed by atoms with E-state index in [-0.39, 0.29) is 0 Å². The van der Waals surface area contributed by atoms with Crippen LogP contribution in [0, 0.1) is 0 Å². The van der Waals surface area contributed by atoms with Crippen molar-refractivity contribution < 1.29 is 4.74 Å². The van der Waals surface area contributed by atoms with Gasteiger partial charge < -0.3 is 15.0 Å². The first-order valence-electron chi connectivity index (χ1n) is 4.48. The van der Waals surface area contributed by atoms with Crippen molar-refractivity contribution in [3.8, 4) is 0 Å². The maximum absolute atomic E-state index is 4.99. The molecule has 0 aliphatic carbocycles. The molecule has 0 radical (unpaired) electrons. The molecule has 0 fully saturated rings. The minimum atomic E-state index is 0.740. The quantitative estimate of drug-likeness (QED) is 0.494. The molecule has 2 N–H and O–H groups in total. The van der Waals surface area contributed by atoms with Crippen LogP contribution in [0.1, 0.15) is 12.0 Å². The van der Waals surface area contributed by atoms with Gasteiger partial charge in [-0.15, -0.1) is 0 Å². The maximum atomic E-state index is 4.99. The Morgan fingerprint density at radius 1 is 1.62 bits per heavy atom. The summed E-state index contributed by atoms with van der Waals surface area (Å²) in [6.45, 7) is 6.10. The first-order chi connectivity index (χ1) is 6.43. The van der Waals surface area contributed by atoms with Crippen molar-refractivity contribution in [2.45, 2.75) is 13.0 Å². The van der Waals surface area contributed by atoms with E-state index in [1.54, 1.807) is 0 Å². The van der Waals surface area contributed by atoms with Crippen molar-refractivity contribution in [1.29, 1.82) is 0 Å². The van der Waals surface area contributed by atoms with Crippen LogP contribution in [0.4, 0.5) is 0 Å². The maximum Gasteiger partial charge on any atom is 0.0885 e. The molecule has 0 atom stereocenters. The summed E-state index contributed by atoms with van der Waals surface area (Å²) in [5.74, 6) is 0. The second-order valence-corrected chi connectivity index (χ2v) is 2.79. The van der Waals surface area contributed by atoms with Crippen LogP contribution in [0.5, 0.6) is 0 Å². The summed E-state index contributed by atoms with van der Waals surface area (Å²) in [5.41, 5.74) is 1.28. The van der Waals surface area contributed by atoms with E-state index < -0.39 is 0 Å². The number of nitrogens with one attached hydrogen (secondary N) is 2. The van der Waals surface area contributed by atoms with E-state index in [0.29, 0.717) is 0 Å². The topological polar surface area (TPSA) is 37.0 Å². The highest BCUT2D eigenvalue weighted by atomic mass is 16.5. The zero-order chi connectivity index (χ0) is 9.36. The number of hydrogen-bond donors (Lipinski definition) is 2. The molecule has 72 valence electrons. The number of hydrogen-bond acceptors (Lipinski definition) is 2. The molecule has 13 heavy (non-hydrogen) atoms. The number of rotatable bonds is 7. The summed E-state index contributed by atoms with van der Waals surface area (Å²) in [4.78, 5) is 3.01. The SMILES string of the molecule is C=COCCCNCc1cc[nH]c1. The van der Waals surface area contributed by atoms with Crippen LogP contribution in [0.15, 0.2) is 31.3 Å². The molecule has 0 aliphatic heterocycles. The molecule has 3 nitrogen and oxygen atoms in total. The molecule has 3 heteroatoms. The summed E-state index contributed by atoms with van der Waals surface area (Å²) in [5, 5.41) is 3.31. The summed E-state index contributed by atoms with van der Waals surface area (Å²) in [6.07, 6.45) is 6.41. The summed E-state index contributed by atoms with van der Waals surface area (Å²) >= 11 is 0.